The number of hydrogen-bond acceptors (Lipinski definition) is 4. The van der Waals surface area contributed by atoms with E-state index in [4.69, 9.17) is 4.74 Å². The average Bonchev–Trinajstić information content (AvgIpc) is 2.83. The van der Waals surface area contributed by atoms with Crippen molar-refractivity contribution >= 4 is 38.7 Å². The molecule has 0 unspecified atom stereocenters. The van der Waals surface area contributed by atoms with Gasteiger partial charge in [0.2, 0.25) is 0 Å². The van der Waals surface area contributed by atoms with Crippen molar-refractivity contribution in [2.24, 2.45) is 0 Å². The summed E-state index contributed by atoms with van der Waals surface area (Å²) in [6.45, 7) is 7.35. The van der Waals surface area contributed by atoms with Crippen LogP contribution in [0.4, 0.5) is 10.5 Å². The number of nitrogens with zero attached hydrogens (tertiary/aromatic N) is 3. The van der Waals surface area contributed by atoms with Gasteiger partial charge in [0, 0.05) is 0 Å². The summed E-state index contributed by atoms with van der Waals surface area (Å²) in [4.78, 5) is 16.7. The van der Waals surface area contributed by atoms with Gasteiger partial charge in [0.15, 0.2) is 5.65 Å². The summed E-state index contributed by atoms with van der Waals surface area (Å²) in [6.07, 6.45) is -0.515. The van der Waals surface area contributed by atoms with Gasteiger partial charge in [0.05, 0.1) is 22.5 Å². The lowest BCUT2D eigenvalue weighted by molar-refractivity contribution is 0.0636. The van der Waals surface area contributed by atoms with Crippen LogP contribution in [0.1, 0.15) is 26.5 Å². The topological polar surface area (TPSA) is 69.0 Å². The predicted molar refractivity (Wildman–Crippen MR) is 101 cm³/mol. The highest BCUT2D eigenvalue weighted by atomic mass is 79.9. The maximum Gasteiger partial charge on any atom is 0.412 e. The van der Waals surface area contributed by atoms with Crippen molar-refractivity contribution in [1.82, 2.24) is 14.8 Å². The standard InChI is InChI=1S/C18H19BrN4O2/c1-11-15-13(20-17(24)25-18(2,3)4)10-14(19)21-16(15)23(22-11)12-8-6-5-7-9-12/h5-10H,1-4H3,(H,20,21,24). The maximum absolute atomic E-state index is 12.2. The van der Waals surface area contributed by atoms with E-state index in [0.717, 1.165) is 16.8 Å². The predicted octanol–water partition coefficient (Wildman–Crippen LogP) is 4.84. The van der Waals surface area contributed by atoms with E-state index in [9.17, 15) is 4.79 Å². The molecule has 0 radical (unpaired) electrons. The van der Waals surface area contributed by atoms with Crippen LogP contribution >= 0.6 is 15.9 Å². The van der Waals surface area contributed by atoms with Gasteiger partial charge in [0.1, 0.15) is 10.2 Å². The summed E-state index contributed by atoms with van der Waals surface area (Å²) in [7, 11) is 0. The molecule has 0 saturated carbocycles. The minimum atomic E-state index is -0.573. The molecule has 0 atom stereocenters. The number of carbonyl (C=O) groups is 1. The summed E-state index contributed by atoms with van der Waals surface area (Å²) in [5.74, 6) is 0. The van der Waals surface area contributed by atoms with Crippen molar-refractivity contribution in [3.05, 3.63) is 46.7 Å². The molecule has 0 saturated heterocycles. The van der Waals surface area contributed by atoms with Crippen LogP contribution in [0.2, 0.25) is 0 Å². The average molecular weight is 403 g/mol. The minimum absolute atomic E-state index is 0.515. The Kier molecular flexibility index (Phi) is 4.51. The zero-order chi connectivity index (χ0) is 18.2. The minimum Gasteiger partial charge on any atom is -0.444 e. The number of para-hydroxylation sites is 1. The summed E-state index contributed by atoms with van der Waals surface area (Å²) in [6, 6.07) is 11.5. The van der Waals surface area contributed by atoms with Crippen molar-refractivity contribution in [2.75, 3.05) is 5.32 Å². The smallest absolute Gasteiger partial charge is 0.412 e. The summed E-state index contributed by atoms with van der Waals surface area (Å²) >= 11 is 3.41. The van der Waals surface area contributed by atoms with E-state index in [1.165, 1.54) is 0 Å². The largest absolute Gasteiger partial charge is 0.444 e. The van der Waals surface area contributed by atoms with Crippen molar-refractivity contribution in [2.45, 2.75) is 33.3 Å². The molecule has 0 aliphatic heterocycles. The molecule has 130 valence electrons. The molecular weight excluding hydrogens is 384 g/mol. The van der Waals surface area contributed by atoms with Crippen LogP contribution in [0.25, 0.3) is 16.7 Å². The van der Waals surface area contributed by atoms with Gasteiger partial charge in [-0.15, -0.1) is 0 Å². The number of ether oxygens (including phenoxy) is 1. The van der Waals surface area contributed by atoms with E-state index in [2.05, 4.69) is 31.3 Å². The Hall–Kier alpha value is -2.41. The molecule has 0 bridgehead atoms. The zero-order valence-electron chi connectivity index (χ0n) is 14.5. The Morgan fingerprint density at radius 2 is 1.92 bits per heavy atom. The number of amides is 1. The monoisotopic (exact) mass is 402 g/mol. The number of carbonyl (C=O) groups excluding carboxylic acids is 1. The van der Waals surface area contributed by atoms with Crippen LogP contribution in [0.3, 0.4) is 0 Å². The molecule has 25 heavy (non-hydrogen) atoms. The molecule has 0 spiro atoms. The molecule has 6 nitrogen and oxygen atoms in total. The second-order valence-electron chi connectivity index (χ2n) is 6.65. The number of hydrogen-bond donors (Lipinski definition) is 1. The third kappa shape index (κ3) is 3.82. The Labute approximate surface area is 154 Å². The molecule has 1 N–H and O–H groups in total. The molecule has 0 fully saturated rings. The van der Waals surface area contributed by atoms with Crippen LogP contribution in [0.5, 0.6) is 0 Å². The van der Waals surface area contributed by atoms with Crippen molar-refractivity contribution < 1.29 is 9.53 Å². The maximum atomic E-state index is 12.2. The van der Waals surface area contributed by atoms with Crippen molar-refractivity contribution in [3.8, 4) is 5.69 Å². The Bertz CT molecular complexity index is 930. The highest BCUT2D eigenvalue weighted by Crippen LogP contribution is 2.30. The van der Waals surface area contributed by atoms with Crippen LogP contribution < -0.4 is 5.32 Å². The second-order valence-corrected chi connectivity index (χ2v) is 7.46. The van der Waals surface area contributed by atoms with Gasteiger partial charge in [-0.05, 0) is 61.8 Å². The SMILES string of the molecule is Cc1nn(-c2ccccc2)c2nc(Br)cc(NC(=O)OC(C)(C)C)c12. The molecule has 1 amide bonds. The van der Waals surface area contributed by atoms with E-state index < -0.39 is 11.7 Å². The molecule has 0 aliphatic rings. The fraction of sp³-hybridized carbons (Fsp3) is 0.278. The molecule has 1 aromatic carbocycles. The van der Waals surface area contributed by atoms with E-state index in [1.807, 2.05) is 58.0 Å². The van der Waals surface area contributed by atoms with Gasteiger partial charge in [-0.25, -0.2) is 14.5 Å². The molecule has 3 rings (SSSR count). The van der Waals surface area contributed by atoms with Crippen molar-refractivity contribution in [1.29, 1.82) is 0 Å². The molecule has 0 aliphatic carbocycles. The quantitative estimate of drug-likeness (QED) is 0.622. The first-order chi connectivity index (χ1) is 11.7. The lowest BCUT2D eigenvalue weighted by Gasteiger charge is -2.20. The Morgan fingerprint density at radius 3 is 2.56 bits per heavy atom. The zero-order valence-corrected chi connectivity index (χ0v) is 16.1. The van der Waals surface area contributed by atoms with Crippen LogP contribution in [-0.2, 0) is 4.74 Å². The van der Waals surface area contributed by atoms with Gasteiger partial charge in [0.25, 0.3) is 0 Å². The van der Waals surface area contributed by atoms with Crippen LogP contribution in [-0.4, -0.2) is 26.5 Å². The normalized spacial score (nSPS) is 11.6. The highest BCUT2D eigenvalue weighted by Gasteiger charge is 2.20. The summed E-state index contributed by atoms with van der Waals surface area (Å²) in [5.41, 5.74) is 2.35. The molecule has 2 heterocycles. The van der Waals surface area contributed by atoms with Crippen molar-refractivity contribution in [3.63, 3.8) is 0 Å². The number of anilines is 1. The highest BCUT2D eigenvalue weighted by molar-refractivity contribution is 9.10. The molecule has 7 heteroatoms. The third-order valence-corrected chi connectivity index (χ3v) is 3.82. The molecule has 2 aromatic heterocycles. The summed E-state index contributed by atoms with van der Waals surface area (Å²) < 4.78 is 7.71. The van der Waals surface area contributed by atoms with E-state index in [0.29, 0.717) is 15.9 Å². The van der Waals surface area contributed by atoms with Gasteiger partial charge in [-0.2, -0.15) is 5.10 Å². The van der Waals surface area contributed by atoms with Gasteiger partial charge < -0.3 is 4.74 Å². The van der Waals surface area contributed by atoms with E-state index >= 15 is 0 Å². The number of nitrogens with one attached hydrogen (secondary N) is 1. The van der Waals surface area contributed by atoms with Crippen LogP contribution in [0.15, 0.2) is 41.0 Å². The Balaban J connectivity index is 2.09. The number of aryl methyl sites for hydroxylation is 1. The first-order valence-electron chi connectivity index (χ1n) is 7.86. The summed E-state index contributed by atoms with van der Waals surface area (Å²) in [5, 5.41) is 8.16. The van der Waals surface area contributed by atoms with Gasteiger partial charge in [-0.1, -0.05) is 18.2 Å². The third-order valence-electron chi connectivity index (χ3n) is 3.42. The van der Waals surface area contributed by atoms with Gasteiger partial charge in [-0.3, -0.25) is 5.32 Å². The molecule has 3 aromatic rings. The fourth-order valence-electron chi connectivity index (χ4n) is 2.52. The van der Waals surface area contributed by atoms with Gasteiger partial charge >= 0.3 is 6.09 Å². The fourth-order valence-corrected chi connectivity index (χ4v) is 2.92. The number of fused-ring (bicyclic) bond motifs is 1. The first-order valence-corrected chi connectivity index (χ1v) is 8.65. The first kappa shape index (κ1) is 17.4. The van der Waals surface area contributed by atoms with E-state index in [1.54, 1.807) is 10.7 Å². The number of halogens is 1. The van der Waals surface area contributed by atoms with E-state index in [-0.39, 0.29) is 0 Å². The molecular formula is C18H19BrN4O2. The number of rotatable bonds is 2. The lowest BCUT2D eigenvalue weighted by atomic mass is 10.2. The number of benzene rings is 1. The Morgan fingerprint density at radius 1 is 1.24 bits per heavy atom. The number of pyridine rings is 1. The van der Waals surface area contributed by atoms with Crippen LogP contribution in [0, 0.1) is 6.92 Å². The second kappa shape index (κ2) is 6.48. The lowest BCUT2D eigenvalue weighted by Crippen LogP contribution is -2.27. The number of aromatic nitrogens is 3.